The Balaban J connectivity index is 1.37. The molecule has 5 unspecified atom stereocenters. The Morgan fingerprint density at radius 1 is 0.956 bits per heavy atom. The number of methoxy groups -OCH3 is 1. The molecule has 0 radical (unpaired) electrons. The van der Waals surface area contributed by atoms with E-state index in [1.54, 1.807) is 60.7 Å². The van der Waals surface area contributed by atoms with Gasteiger partial charge in [0.05, 0.1) is 33.9 Å². The highest BCUT2D eigenvalue weighted by Crippen LogP contribution is 2.58. The molecule has 12 heteroatoms. The van der Waals surface area contributed by atoms with Crippen molar-refractivity contribution in [3.8, 4) is 5.75 Å². The van der Waals surface area contributed by atoms with Gasteiger partial charge in [-0.05, 0) is 72.0 Å². The fraction of sp³-hybridized carbons (Fsp3) is 0.212. The summed E-state index contributed by atoms with van der Waals surface area (Å²) < 4.78 is 10.5. The molecule has 0 aromatic heterocycles. The van der Waals surface area contributed by atoms with Crippen LogP contribution in [0.2, 0.25) is 10.0 Å². The summed E-state index contributed by atoms with van der Waals surface area (Å²) in [5.41, 5.74) is 2.88. The normalized spacial score (nSPS) is 21.6. The van der Waals surface area contributed by atoms with Crippen molar-refractivity contribution < 1.29 is 24.0 Å². The zero-order valence-electron chi connectivity index (χ0n) is 23.6. The largest absolute Gasteiger partial charge is 0.465 e. The predicted molar refractivity (Wildman–Crippen MR) is 175 cm³/mol. The molecule has 5 atom stereocenters. The van der Waals surface area contributed by atoms with Gasteiger partial charge in [0.15, 0.2) is 0 Å². The third kappa shape index (κ3) is 6.10. The number of carbonyl (C=O) groups is 2. The van der Waals surface area contributed by atoms with Gasteiger partial charge < -0.3 is 14.8 Å². The minimum atomic E-state index is -0.650. The molecule has 0 spiro atoms. The average molecular weight is 684 g/mol. The first kappa shape index (κ1) is 31.2. The fourth-order valence-electron chi connectivity index (χ4n) is 6.17. The number of hydrogen-bond acceptors (Lipinski definition) is 8. The number of hydrogen-bond donors (Lipinski definition) is 1. The number of fused-ring (bicyclic) bond motifs is 3. The number of benzene rings is 4. The van der Waals surface area contributed by atoms with Crippen LogP contribution in [0.25, 0.3) is 0 Å². The van der Waals surface area contributed by atoms with Gasteiger partial charge in [-0.25, -0.2) is 9.59 Å². The first-order valence-corrected chi connectivity index (χ1v) is 16.0. The lowest BCUT2D eigenvalue weighted by atomic mass is 9.77. The lowest BCUT2D eigenvalue weighted by molar-refractivity contribution is -0.387. The van der Waals surface area contributed by atoms with Gasteiger partial charge in [0.1, 0.15) is 11.3 Å². The van der Waals surface area contributed by atoms with Crippen molar-refractivity contribution >= 4 is 69.9 Å². The second-order valence-electron chi connectivity index (χ2n) is 10.7. The molecule has 1 aliphatic carbocycles. The van der Waals surface area contributed by atoms with Crippen LogP contribution in [0.5, 0.6) is 5.75 Å². The molecule has 1 aliphatic heterocycles. The van der Waals surface area contributed by atoms with Crippen molar-refractivity contribution in [3.63, 3.8) is 0 Å². The van der Waals surface area contributed by atoms with Crippen LogP contribution in [-0.4, -0.2) is 34.6 Å². The Kier molecular flexibility index (Phi) is 8.97. The van der Waals surface area contributed by atoms with Crippen LogP contribution in [0, 0.1) is 16.0 Å². The van der Waals surface area contributed by atoms with Crippen molar-refractivity contribution in [2.24, 2.45) is 5.92 Å². The number of alkyl halides is 1. The molecule has 1 fully saturated rings. The van der Waals surface area contributed by atoms with E-state index in [4.69, 9.17) is 44.3 Å². The molecule has 230 valence electrons. The summed E-state index contributed by atoms with van der Waals surface area (Å²) in [6, 6.07) is 23.3. The number of para-hydroxylation sites is 2. The maximum Gasteiger partial charge on any atom is 0.343 e. The van der Waals surface area contributed by atoms with Gasteiger partial charge >= 0.3 is 11.9 Å². The molecule has 1 heterocycles. The molecular weight excluding hydrogens is 659 g/mol. The third-order valence-corrected chi connectivity index (χ3v) is 10.9. The van der Waals surface area contributed by atoms with E-state index in [0.717, 1.165) is 16.8 Å². The Labute approximate surface area is 278 Å². The van der Waals surface area contributed by atoms with Crippen molar-refractivity contribution in [1.82, 2.24) is 0 Å². The number of carbonyl (C=O) groups excluding carboxylic acids is 2. The molecule has 45 heavy (non-hydrogen) atoms. The number of anilines is 1. The third-order valence-electron chi connectivity index (χ3n) is 8.18. The van der Waals surface area contributed by atoms with Gasteiger partial charge in [-0.3, -0.25) is 10.1 Å². The Morgan fingerprint density at radius 2 is 1.71 bits per heavy atom. The smallest absolute Gasteiger partial charge is 0.343 e. The number of nitro benzene ring substituents is 1. The number of halogens is 3. The molecule has 1 saturated carbocycles. The van der Waals surface area contributed by atoms with Crippen LogP contribution >= 0.6 is 46.6 Å². The number of esters is 2. The first-order valence-electron chi connectivity index (χ1n) is 14.0. The van der Waals surface area contributed by atoms with E-state index in [1.807, 2.05) is 6.07 Å². The molecule has 2 aliphatic rings. The molecule has 6 rings (SSSR count). The average Bonchev–Trinajstić information content (AvgIpc) is 3.36. The molecule has 4 aromatic rings. The summed E-state index contributed by atoms with van der Waals surface area (Å²) >= 11 is 21.6. The molecule has 0 bridgehead atoms. The Hall–Kier alpha value is -3.76. The number of ether oxygens (including phenoxy) is 2. The summed E-state index contributed by atoms with van der Waals surface area (Å²) in [5.74, 6) is -1.51. The summed E-state index contributed by atoms with van der Waals surface area (Å²) in [6.45, 7) is 0. The summed E-state index contributed by atoms with van der Waals surface area (Å²) in [4.78, 5) is 37.5. The maximum absolute atomic E-state index is 13.4. The van der Waals surface area contributed by atoms with Crippen LogP contribution < -0.4 is 10.1 Å². The molecular formula is C33H25Cl3N2O6S. The van der Waals surface area contributed by atoms with Crippen LogP contribution in [-0.2, 0) is 4.74 Å². The predicted octanol–water partition coefficient (Wildman–Crippen LogP) is 8.95. The second kappa shape index (κ2) is 12.9. The molecule has 1 N–H and O–H groups in total. The lowest BCUT2D eigenvalue weighted by Gasteiger charge is -2.39. The monoisotopic (exact) mass is 682 g/mol. The topological polar surface area (TPSA) is 108 Å². The minimum Gasteiger partial charge on any atom is -0.465 e. The van der Waals surface area contributed by atoms with Crippen LogP contribution in [0.3, 0.4) is 0 Å². The van der Waals surface area contributed by atoms with Gasteiger partial charge in [-0.2, -0.15) is 0 Å². The summed E-state index contributed by atoms with van der Waals surface area (Å²) in [7, 11) is 1.25. The van der Waals surface area contributed by atoms with Gasteiger partial charge in [-0.15, -0.1) is 23.4 Å². The summed E-state index contributed by atoms with van der Waals surface area (Å²) in [5, 5.41) is 15.8. The van der Waals surface area contributed by atoms with Crippen LogP contribution in [0.4, 0.5) is 11.4 Å². The van der Waals surface area contributed by atoms with E-state index >= 15 is 0 Å². The maximum atomic E-state index is 13.4. The molecule has 4 aromatic carbocycles. The standard InChI is InChI=1S/C33H25Cl3N2O6S/c1-43-33(40)20-6-2-4-8-26(20)44-32(39)17-10-13-24-21(14-17)29-22(31(37-24)19-12-11-18(34)15-23(19)35)16-28(30(29)36)45-27-9-5-3-7-25(27)38(41)42/h2-15,22,28-31,37H,16H2,1H3. The summed E-state index contributed by atoms with van der Waals surface area (Å²) in [6.07, 6.45) is 0.618. The highest BCUT2D eigenvalue weighted by atomic mass is 35.5. The van der Waals surface area contributed by atoms with Crippen molar-refractivity contribution in [2.45, 2.75) is 33.9 Å². The number of nitrogens with one attached hydrogen (secondary N) is 1. The number of thioether (sulfide) groups is 1. The number of nitrogens with zero attached hydrogens (tertiary/aromatic N) is 1. The van der Waals surface area contributed by atoms with Crippen molar-refractivity contribution in [2.75, 3.05) is 12.4 Å². The lowest BCUT2D eigenvalue weighted by Crippen LogP contribution is -2.31. The molecule has 0 saturated heterocycles. The Morgan fingerprint density at radius 3 is 2.47 bits per heavy atom. The quantitative estimate of drug-likeness (QED) is 0.0676. The van der Waals surface area contributed by atoms with Gasteiger partial charge in [-0.1, -0.05) is 53.5 Å². The van der Waals surface area contributed by atoms with Crippen LogP contribution in [0.1, 0.15) is 50.2 Å². The van der Waals surface area contributed by atoms with E-state index in [2.05, 4.69) is 5.32 Å². The van der Waals surface area contributed by atoms with E-state index in [0.29, 0.717) is 21.4 Å². The van der Waals surface area contributed by atoms with Crippen LogP contribution in [0.15, 0.2) is 89.8 Å². The van der Waals surface area contributed by atoms with E-state index in [-0.39, 0.29) is 45.7 Å². The molecule has 0 amide bonds. The highest BCUT2D eigenvalue weighted by Gasteiger charge is 2.51. The molecule has 8 nitrogen and oxygen atoms in total. The van der Waals surface area contributed by atoms with E-state index < -0.39 is 22.2 Å². The van der Waals surface area contributed by atoms with Gasteiger partial charge in [0, 0.05) is 33.0 Å². The zero-order valence-corrected chi connectivity index (χ0v) is 26.7. The zero-order chi connectivity index (χ0) is 31.8. The highest BCUT2D eigenvalue weighted by molar-refractivity contribution is 8.00. The number of nitro groups is 1. The van der Waals surface area contributed by atoms with Gasteiger partial charge in [0.2, 0.25) is 0 Å². The van der Waals surface area contributed by atoms with Crippen molar-refractivity contribution in [1.29, 1.82) is 0 Å². The SMILES string of the molecule is COC(=O)c1ccccc1OC(=O)c1ccc2c(c1)C1C(Cl)C(Sc3ccccc3[N+](=O)[O-])CC1C(c1ccc(Cl)cc1Cl)N2. The van der Waals surface area contributed by atoms with E-state index in [1.165, 1.54) is 37.1 Å². The van der Waals surface area contributed by atoms with E-state index in [9.17, 15) is 19.7 Å². The second-order valence-corrected chi connectivity index (χ2v) is 13.3. The first-order chi connectivity index (χ1) is 21.7. The number of rotatable bonds is 7. The minimum absolute atomic E-state index is 0.0225. The fourth-order valence-corrected chi connectivity index (χ4v) is 8.64. The Bertz CT molecular complexity index is 1820. The van der Waals surface area contributed by atoms with Crippen molar-refractivity contribution in [3.05, 3.63) is 127 Å². The van der Waals surface area contributed by atoms with Gasteiger partial charge in [0.25, 0.3) is 5.69 Å².